The third kappa shape index (κ3) is 3.99. The number of nitrogens with zero attached hydrogens (tertiary/aromatic N) is 1. The maximum atomic E-state index is 13.3. The topological polar surface area (TPSA) is 75.7 Å². The second-order valence-corrected chi connectivity index (χ2v) is 8.79. The van der Waals surface area contributed by atoms with E-state index >= 15 is 0 Å². The van der Waals surface area contributed by atoms with Crippen molar-refractivity contribution in [3.8, 4) is 5.75 Å². The number of hydrogen-bond donors (Lipinski definition) is 1. The molecular weight excluding hydrogens is 407 g/mol. The Hall–Kier alpha value is -2.16. The van der Waals surface area contributed by atoms with Crippen molar-refractivity contribution in [3.05, 3.63) is 52.8 Å². The van der Waals surface area contributed by atoms with Gasteiger partial charge in [-0.15, -0.1) is 0 Å². The molecule has 0 aliphatic carbocycles. The Kier molecular flexibility index (Phi) is 5.92. The summed E-state index contributed by atoms with van der Waals surface area (Å²) in [6.07, 6.45) is 0.952. The minimum Gasteiger partial charge on any atom is -0.497 e. The van der Waals surface area contributed by atoms with Gasteiger partial charge in [0.05, 0.1) is 17.0 Å². The quantitative estimate of drug-likeness (QED) is 0.792. The summed E-state index contributed by atoms with van der Waals surface area (Å²) in [5, 5.41) is 2.50. The summed E-state index contributed by atoms with van der Waals surface area (Å²) in [6, 6.07) is 7.74. The summed E-state index contributed by atoms with van der Waals surface area (Å²) in [4.78, 5) is 12.8. The summed E-state index contributed by atoms with van der Waals surface area (Å²) < 4.78 is 46.1. The Morgan fingerprint density at radius 1 is 1.29 bits per heavy atom. The fourth-order valence-electron chi connectivity index (χ4n) is 3.20. The summed E-state index contributed by atoms with van der Waals surface area (Å²) in [5.41, 5.74) is 0.871. The molecule has 1 fully saturated rings. The van der Waals surface area contributed by atoms with Crippen molar-refractivity contribution < 1.29 is 22.3 Å². The fourth-order valence-corrected chi connectivity index (χ4v) is 5.28. The minimum atomic E-state index is -3.90. The summed E-state index contributed by atoms with van der Waals surface area (Å²) >= 11 is 5.74. The van der Waals surface area contributed by atoms with Gasteiger partial charge in [0.15, 0.2) is 0 Å². The lowest BCUT2D eigenvalue weighted by Gasteiger charge is -2.24. The predicted octanol–water partition coefficient (Wildman–Crippen LogP) is 3.59. The maximum absolute atomic E-state index is 13.3. The van der Waals surface area contributed by atoms with Gasteiger partial charge in [0, 0.05) is 18.3 Å². The first-order valence-electron chi connectivity index (χ1n) is 8.66. The Balaban J connectivity index is 1.87. The van der Waals surface area contributed by atoms with Gasteiger partial charge in [-0.1, -0.05) is 17.7 Å². The van der Waals surface area contributed by atoms with E-state index in [-0.39, 0.29) is 16.5 Å². The predicted molar refractivity (Wildman–Crippen MR) is 105 cm³/mol. The molecule has 1 saturated heterocycles. The number of nitrogens with one attached hydrogen (secondary N) is 1. The number of anilines is 1. The summed E-state index contributed by atoms with van der Waals surface area (Å²) in [7, 11) is -2.44. The van der Waals surface area contributed by atoms with Crippen molar-refractivity contribution in [2.45, 2.75) is 30.7 Å². The van der Waals surface area contributed by atoms with E-state index in [1.54, 1.807) is 19.1 Å². The highest BCUT2D eigenvalue weighted by Crippen LogP contribution is 2.31. The van der Waals surface area contributed by atoms with Crippen LogP contribution in [0, 0.1) is 12.7 Å². The zero-order valence-corrected chi connectivity index (χ0v) is 17.0. The highest BCUT2D eigenvalue weighted by molar-refractivity contribution is 7.89. The van der Waals surface area contributed by atoms with E-state index in [9.17, 15) is 17.6 Å². The Labute approximate surface area is 168 Å². The van der Waals surface area contributed by atoms with E-state index in [1.165, 1.54) is 29.6 Å². The van der Waals surface area contributed by atoms with Crippen LogP contribution in [0.1, 0.15) is 18.4 Å². The van der Waals surface area contributed by atoms with Crippen LogP contribution in [0.3, 0.4) is 0 Å². The zero-order chi connectivity index (χ0) is 20.5. The lowest BCUT2D eigenvalue weighted by atomic mass is 10.2. The van der Waals surface area contributed by atoms with Gasteiger partial charge in [-0.2, -0.15) is 4.31 Å². The molecule has 1 atom stereocenters. The van der Waals surface area contributed by atoms with Crippen molar-refractivity contribution in [2.75, 3.05) is 19.0 Å². The molecule has 2 aromatic rings. The highest BCUT2D eigenvalue weighted by Gasteiger charge is 2.40. The van der Waals surface area contributed by atoms with Crippen LogP contribution in [-0.4, -0.2) is 38.3 Å². The molecule has 1 unspecified atom stereocenters. The van der Waals surface area contributed by atoms with Gasteiger partial charge in [-0.25, -0.2) is 12.8 Å². The number of hydrogen-bond acceptors (Lipinski definition) is 4. The van der Waals surface area contributed by atoms with Crippen LogP contribution >= 0.6 is 11.6 Å². The maximum Gasteiger partial charge on any atom is 0.244 e. The zero-order valence-electron chi connectivity index (χ0n) is 15.4. The standard InChI is InChI=1S/C19H20ClFN2O4S/c1-12-5-7-14(27-2)11-18(12)28(25,26)23-9-3-4-17(23)19(24)22-13-6-8-16(21)15(20)10-13/h5-8,10-11,17H,3-4,9H2,1-2H3,(H,22,24). The second kappa shape index (κ2) is 8.06. The molecule has 150 valence electrons. The van der Waals surface area contributed by atoms with Crippen molar-refractivity contribution >= 4 is 33.2 Å². The van der Waals surface area contributed by atoms with Crippen LogP contribution in [0.25, 0.3) is 0 Å². The van der Waals surface area contributed by atoms with Crippen molar-refractivity contribution in [2.24, 2.45) is 0 Å². The van der Waals surface area contributed by atoms with Gasteiger partial charge in [0.1, 0.15) is 17.6 Å². The molecule has 1 heterocycles. The van der Waals surface area contributed by atoms with E-state index in [2.05, 4.69) is 5.32 Å². The average molecular weight is 427 g/mol. The van der Waals surface area contributed by atoms with E-state index in [1.807, 2.05) is 0 Å². The highest BCUT2D eigenvalue weighted by atomic mass is 35.5. The Morgan fingerprint density at radius 3 is 2.71 bits per heavy atom. The Bertz CT molecular complexity index is 1010. The molecule has 1 amide bonds. The van der Waals surface area contributed by atoms with Crippen LogP contribution in [0.15, 0.2) is 41.3 Å². The first-order chi connectivity index (χ1) is 13.2. The largest absolute Gasteiger partial charge is 0.497 e. The average Bonchev–Trinajstić information content (AvgIpc) is 3.16. The van der Waals surface area contributed by atoms with E-state index in [0.29, 0.717) is 29.8 Å². The molecule has 28 heavy (non-hydrogen) atoms. The third-order valence-corrected chi connectivity index (χ3v) is 7.02. The van der Waals surface area contributed by atoms with Gasteiger partial charge in [-0.05, 0) is 49.6 Å². The van der Waals surface area contributed by atoms with Crippen LogP contribution in [0.5, 0.6) is 5.75 Å². The van der Waals surface area contributed by atoms with Gasteiger partial charge < -0.3 is 10.1 Å². The normalized spacial score (nSPS) is 17.5. The van der Waals surface area contributed by atoms with Crippen LogP contribution in [0.2, 0.25) is 5.02 Å². The Morgan fingerprint density at radius 2 is 2.04 bits per heavy atom. The second-order valence-electron chi connectivity index (χ2n) is 6.52. The van der Waals surface area contributed by atoms with E-state index in [4.69, 9.17) is 16.3 Å². The summed E-state index contributed by atoms with van der Waals surface area (Å²) in [6.45, 7) is 1.93. The van der Waals surface area contributed by atoms with Gasteiger partial charge >= 0.3 is 0 Å². The molecule has 6 nitrogen and oxygen atoms in total. The van der Waals surface area contributed by atoms with E-state index in [0.717, 1.165) is 6.07 Å². The molecule has 1 aliphatic heterocycles. The van der Waals surface area contributed by atoms with Crippen LogP contribution in [0.4, 0.5) is 10.1 Å². The molecule has 0 spiro atoms. The van der Waals surface area contributed by atoms with Crippen molar-refractivity contribution in [1.29, 1.82) is 0 Å². The molecule has 9 heteroatoms. The van der Waals surface area contributed by atoms with Gasteiger partial charge in [0.25, 0.3) is 0 Å². The number of halogens is 2. The molecule has 0 radical (unpaired) electrons. The number of carbonyl (C=O) groups excluding carboxylic acids is 1. The molecular formula is C19H20ClFN2O4S. The molecule has 0 saturated carbocycles. The number of methoxy groups -OCH3 is 1. The van der Waals surface area contributed by atoms with E-state index < -0.39 is 27.8 Å². The molecule has 0 bridgehead atoms. The molecule has 0 aromatic heterocycles. The SMILES string of the molecule is COc1ccc(C)c(S(=O)(=O)N2CCCC2C(=O)Nc2ccc(F)c(Cl)c2)c1. The number of aryl methyl sites for hydroxylation is 1. The number of benzene rings is 2. The number of carbonyl (C=O) groups is 1. The smallest absolute Gasteiger partial charge is 0.244 e. The minimum absolute atomic E-state index is 0.108. The first-order valence-corrected chi connectivity index (χ1v) is 10.5. The fraction of sp³-hybridized carbons (Fsp3) is 0.316. The molecule has 1 aliphatic rings. The van der Waals surface area contributed by atoms with Crippen LogP contribution < -0.4 is 10.1 Å². The van der Waals surface area contributed by atoms with Crippen molar-refractivity contribution in [1.82, 2.24) is 4.31 Å². The number of sulfonamides is 1. The third-order valence-electron chi connectivity index (χ3n) is 4.68. The van der Waals surface area contributed by atoms with Gasteiger partial charge in [0.2, 0.25) is 15.9 Å². The number of amides is 1. The van der Waals surface area contributed by atoms with Gasteiger partial charge in [-0.3, -0.25) is 4.79 Å². The number of rotatable bonds is 5. The molecule has 1 N–H and O–H groups in total. The molecule has 2 aromatic carbocycles. The van der Waals surface area contributed by atoms with Crippen molar-refractivity contribution in [3.63, 3.8) is 0 Å². The lowest BCUT2D eigenvalue weighted by molar-refractivity contribution is -0.119. The summed E-state index contributed by atoms with van der Waals surface area (Å²) in [5.74, 6) is -0.659. The van der Waals surface area contributed by atoms with Crippen LogP contribution in [-0.2, 0) is 14.8 Å². The monoisotopic (exact) mass is 426 g/mol. The lowest BCUT2D eigenvalue weighted by Crippen LogP contribution is -2.43. The molecule has 3 rings (SSSR count). The number of ether oxygens (including phenoxy) is 1. The first kappa shape index (κ1) is 20.6.